The summed E-state index contributed by atoms with van der Waals surface area (Å²) in [5.41, 5.74) is 3.87. The van der Waals surface area contributed by atoms with Crippen molar-refractivity contribution in [2.75, 3.05) is 5.32 Å². The molecule has 0 bridgehead atoms. The van der Waals surface area contributed by atoms with Crippen LogP contribution >= 0.6 is 0 Å². The summed E-state index contributed by atoms with van der Waals surface area (Å²) >= 11 is 0. The number of aromatic hydroxyl groups is 1. The predicted molar refractivity (Wildman–Crippen MR) is 76.7 cm³/mol. The molecule has 2 aromatic carbocycles. The van der Waals surface area contributed by atoms with E-state index in [0.29, 0.717) is 16.8 Å². The molecule has 0 saturated carbocycles. The van der Waals surface area contributed by atoms with E-state index in [-0.39, 0.29) is 11.7 Å². The summed E-state index contributed by atoms with van der Waals surface area (Å²) in [6.45, 7) is 5.60. The molecule has 0 aliphatic carbocycles. The van der Waals surface area contributed by atoms with Crippen LogP contribution in [0.5, 0.6) is 5.75 Å². The van der Waals surface area contributed by atoms with Crippen molar-refractivity contribution in [3.63, 3.8) is 0 Å². The molecule has 3 heteroatoms. The highest BCUT2D eigenvalue weighted by atomic mass is 16.3. The fourth-order valence-corrected chi connectivity index (χ4v) is 2.12. The third-order valence-corrected chi connectivity index (χ3v) is 3.26. The molecule has 0 aromatic heterocycles. The summed E-state index contributed by atoms with van der Waals surface area (Å²) in [5.74, 6) is 0.0311. The Bertz CT molecular complexity index is 612. The number of benzene rings is 2. The minimum atomic E-state index is -0.149. The second-order valence-electron chi connectivity index (χ2n) is 4.67. The number of rotatable bonds is 2. The zero-order chi connectivity index (χ0) is 14.0. The number of anilines is 1. The molecule has 0 spiro atoms. The molecule has 0 aliphatic rings. The molecular weight excluding hydrogens is 238 g/mol. The quantitative estimate of drug-likeness (QED) is 0.861. The number of hydrogen-bond acceptors (Lipinski definition) is 2. The van der Waals surface area contributed by atoms with E-state index in [4.69, 9.17) is 0 Å². The molecule has 0 atom stereocenters. The molecule has 0 aliphatic heterocycles. The zero-order valence-corrected chi connectivity index (χ0v) is 11.3. The van der Waals surface area contributed by atoms with Crippen molar-refractivity contribution >= 4 is 11.6 Å². The number of hydrogen-bond donors (Lipinski definition) is 2. The topological polar surface area (TPSA) is 49.3 Å². The minimum absolute atomic E-state index is 0.149. The monoisotopic (exact) mass is 255 g/mol. The van der Waals surface area contributed by atoms with Gasteiger partial charge in [-0.1, -0.05) is 24.3 Å². The largest absolute Gasteiger partial charge is 0.508 e. The number of nitrogens with one attached hydrogen (secondary N) is 1. The van der Waals surface area contributed by atoms with Crippen molar-refractivity contribution in [2.45, 2.75) is 20.8 Å². The van der Waals surface area contributed by atoms with Crippen LogP contribution in [0.4, 0.5) is 5.69 Å². The second kappa shape index (κ2) is 5.14. The van der Waals surface area contributed by atoms with Crippen molar-refractivity contribution in [1.29, 1.82) is 0 Å². The van der Waals surface area contributed by atoms with Crippen LogP contribution in [-0.2, 0) is 0 Å². The number of carbonyl (C=O) groups is 1. The SMILES string of the molecule is Cc1cccc(C)c1C(=O)Nc1cccc(O)c1C. The van der Waals surface area contributed by atoms with Crippen molar-refractivity contribution in [3.8, 4) is 5.75 Å². The minimum Gasteiger partial charge on any atom is -0.508 e. The summed E-state index contributed by atoms with van der Waals surface area (Å²) in [7, 11) is 0. The molecule has 2 N–H and O–H groups in total. The molecule has 1 amide bonds. The highest BCUT2D eigenvalue weighted by Gasteiger charge is 2.13. The van der Waals surface area contributed by atoms with Gasteiger partial charge in [0.25, 0.3) is 5.91 Å². The Hall–Kier alpha value is -2.29. The number of carbonyl (C=O) groups excluding carboxylic acids is 1. The van der Waals surface area contributed by atoms with E-state index in [1.165, 1.54) is 0 Å². The fraction of sp³-hybridized carbons (Fsp3) is 0.188. The Morgan fingerprint density at radius 2 is 1.58 bits per heavy atom. The molecule has 0 radical (unpaired) electrons. The van der Waals surface area contributed by atoms with Crippen LogP contribution in [0.1, 0.15) is 27.0 Å². The first-order valence-corrected chi connectivity index (χ1v) is 6.17. The van der Waals surface area contributed by atoms with Crippen LogP contribution in [0.3, 0.4) is 0 Å². The number of aryl methyl sites for hydroxylation is 2. The van der Waals surface area contributed by atoms with E-state index < -0.39 is 0 Å². The average Bonchev–Trinajstić information content (AvgIpc) is 2.35. The lowest BCUT2D eigenvalue weighted by Crippen LogP contribution is -2.15. The van der Waals surface area contributed by atoms with Gasteiger partial charge in [-0.05, 0) is 44.0 Å². The smallest absolute Gasteiger partial charge is 0.256 e. The molecule has 0 heterocycles. The maximum absolute atomic E-state index is 12.3. The number of amides is 1. The second-order valence-corrected chi connectivity index (χ2v) is 4.67. The number of phenolic OH excluding ortho intramolecular Hbond substituents is 1. The van der Waals surface area contributed by atoms with Crippen molar-refractivity contribution in [3.05, 3.63) is 58.7 Å². The van der Waals surface area contributed by atoms with Crippen LogP contribution in [0.25, 0.3) is 0 Å². The fourth-order valence-electron chi connectivity index (χ4n) is 2.12. The van der Waals surface area contributed by atoms with Gasteiger partial charge in [0.15, 0.2) is 0 Å². The van der Waals surface area contributed by atoms with Crippen LogP contribution in [0.15, 0.2) is 36.4 Å². The third-order valence-electron chi connectivity index (χ3n) is 3.26. The van der Waals surface area contributed by atoms with E-state index in [0.717, 1.165) is 11.1 Å². The van der Waals surface area contributed by atoms with E-state index in [1.807, 2.05) is 32.0 Å². The van der Waals surface area contributed by atoms with E-state index in [1.54, 1.807) is 25.1 Å². The standard InChI is InChI=1S/C16H17NO2/c1-10-6-4-7-11(2)15(10)16(19)17-13-8-5-9-14(18)12(13)3/h4-9,18H,1-3H3,(H,17,19). The molecule has 2 rings (SSSR count). The van der Waals surface area contributed by atoms with E-state index in [2.05, 4.69) is 5.32 Å². The molecule has 0 unspecified atom stereocenters. The predicted octanol–water partition coefficient (Wildman–Crippen LogP) is 3.57. The lowest BCUT2D eigenvalue weighted by atomic mass is 10.0. The van der Waals surface area contributed by atoms with Gasteiger partial charge >= 0.3 is 0 Å². The summed E-state index contributed by atoms with van der Waals surface area (Å²) in [4.78, 5) is 12.3. The summed E-state index contributed by atoms with van der Waals surface area (Å²) in [5, 5.41) is 12.5. The van der Waals surface area contributed by atoms with Gasteiger partial charge in [0.05, 0.1) is 0 Å². The Morgan fingerprint density at radius 3 is 2.21 bits per heavy atom. The zero-order valence-electron chi connectivity index (χ0n) is 11.3. The summed E-state index contributed by atoms with van der Waals surface area (Å²) in [6.07, 6.45) is 0. The highest BCUT2D eigenvalue weighted by molar-refractivity contribution is 6.06. The van der Waals surface area contributed by atoms with Crippen LogP contribution in [0, 0.1) is 20.8 Å². The first-order chi connectivity index (χ1) is 9.00. The van der Waals surface area contributed by atoms with Crippen LogP contribution in [-0.4, -0.2) is 11.0 Å². The molecule has 3 nitrogen and oxygen atoms in total. The third kappa shape index (κ3) is 2.60. The van der Waals surface area contributed by atoms with Gasteiger partial charge in [0.2, 0.25) is 0 Å². The first kappa shape index (κ1) is 13.1. The van der Waals surface area contributed by atoms with Crippen molar-refractivity contribution in [2.24, 2.45) is 0 Å². The van der Waals surface area contributed by atoms with E-state index in [9.17, 15) is 9.90 Å². The van der Waals surface area contributed by atoms with Gasteiger partial charge < -0.3 is 10.4 Å². The molecule has 0 fully saturated rings. The Kier molecular flexibility index (Phi) is 3.56. The van der Waals surface area contributed by atoms with Crippen LogP contribution < -0.4 is 5.32 Å². The van der Waals surface area contributed by atoms with E-state index >= 15 is 0 Å². The maximum Gasteiger partial charge on any atom is 0.256 e. The van der Waals surface area contributed by atoms with Gasteiger partial charge in [0, 0.05) is 16.8 Å². The normalized spacial score (nSPS) is 10.3. The van der Waals surface area contributed by atoms with Gasteiger partial charge in [-0.15, -0.1) is 0 Å². The first-order valence-electron chi connectivity index (χ1n) is 6.17. The molecular formula is C16H17NO2. The van der Waals surface area contributed by atoms with Gasteiger partial charge in [-0.25, -0.2) is 0 Å². The molecule has 2 aromatic rings. The maximum atomic E-state index is 12.3. The van der Waals surface area contributed by atoms with Gasteiger partial charge in [-0.3, -0.25) is 4.79 Å². The molecule has 19 heavy (non-hydrogen) atoms. The molecule has 98 valence electrons. The Balaban J connectivity index is 2.34. The van der Waals surface area contributed by atoms with Crippen molar-refractivity contribution < 1.29 is 9.90 Å². The average molecular weight is 255 g/mol. The summed E-state index contributed by atoms with van der Waals surface area (Å²) in [6, 6.07) is 10.8. The Morgan fingerprint density at radius 1 is 1.00 bits per heavy atom. The number of phenols is 1. The van der Waals surface area contributed by atoms with Gasteiger partial charge in [-0.2, -0.15) is 0 Å². The van der Waals surface area contributed by atoms with Crippen LogP contribution in [0.2, 0.25) is 0 Å². The summed E-state index contributed by atoms with van der Waals surface area (Å²) < 4.78 is 0. The Labute approximate surface area is 112 Å². The highest BCUT2D eigenvalue weighted by Crippen LogP contribution is 2.25. The van der Waals surface area contributed by atoms with Gasteiger partial charge in [0.1, 0.15) is 5.75 Å². The molecule has 0 saturated heterocycles. The van der Waals surface area contributed by atoms with Crippen molar-refractivity contribution in [1.82, 2.24) is 0 Å². The lowest BCUT2D eigenvalue weighted by Gasteiger charge is -2.12. The lowest BCUT2D eigenvalue weighted by molar-refractivity contribution is 0.102.